The van der Waals surface area contributed by atoms with Crippen LogP contribution in [0.3, 0.4) is 0 Å². The van der Waals surface area contributed by atoms with Gasteiger partial charge < -0.3 is 10.6 Å². The minimum Gasteiger partial charge on any atom is -0.325 e. The number of benzene rings is 1. The molecule has 2 rings (SSSR count). The van der Waals surface area contributed by atoms with Gasteiger partial charge in [0.05, 0.1) is 5.75 Å². The topological polar surface area (TPSA) is 75.3 Å². The van der Waals surface area contributed by atoms with Gasteiger partial charge in [0.1, 0.15) is 5.75 Å². The third kappa shape index (κ3) is 4.94. The van der Waals surface area contributed by atoms with Gasteiger partial charge in [-0.15, -0.1) is 0 Å². The minimum atomic E-state index is -3.35. The molecule has 5 nitrogen and oxygen atoms in total. The van der Waals surface area contributed by atoms with Crippen LogP contribution in [0.4, 0.5) is 5.69 Å². The van der Waals surface area contributed by atoms with Gasteiger partial charge in [-0.3, -0.25) is 4.79 Å². The molecule has 1 fully saturated rings. The van der Waals surface area contributed by atoms with Gasteiger partial charge in [0.25, 0.3) is 0 Å². The van der Waals surface area contributed by atoms with Crippen LogP contribution in [0, 0.1) is 5.92 Å². The highest BCUT2D eigenvalue weighted by molar-refractivity contribution is 7.92. The van der Waals surface area contributed by atoms with Crippen LogP contribution in [0.2, 0.25) is 0 Å². The second-order valence-electron chi connectivity index (χ2n) is 5.18. The molecule has 1 heterocycles. The van der Waals surface area contributed by atoms with Gasteiger partial charge in [0, 0.05) is 5.69 Å². The van der Waals surface area contributed by atoms with Crippen LogP contribution in [-0.2, 0) is 14.6 Å². The molecule has 110 valence electrons. The molecular weight excluding hydrogens is 276 g/mol. The summed E-state index contributed by atoms with van der Waals surface area (Å²) in [5, 5.41) is 5.79. The predicted octanol–water partition coefficient (Wildman–Crippen LogP) is 1.04. The first-order chi connectivity index (χ1) is 9.55. The summed E-state index contributed by atoms with van der Waals surface area (Å²) in [6, 6.07) is 8.88. The summed E-state index contributed by atoms with van der Waals surface area (Å²) in [4.78, 5) is 11.8. The van der Waals surface area contributed by atoms with Crippen LogP contribution < -0.4 is 10.6 Å². The van der Waals surface area contributed by atoms with Crippen LogP contribution in [0.25, 0.3) is 0 Å². The predicted molar refractivity (Wildman–Crippen MR) is 79.3 cm³/mol. The fraction of sp³-hybridized carbons (Fsp3) is 0.500. The zero-order valence-corrected chi connectivity index (χ0v) is 12.2. The van der Waals surface area contributed by atoms with Crippen molar-refractivity contribution in [3.8, 4) is 0 Å². The Morgan fingerprint density at radius 1 is 1.30 bits per heavy atom. The summed E-state index contributed by atoms with van der Waals surface area (Å²) >= 11 is 0. The molecule has 1 aliphatic rings. The highest BCUT2D eigenvalue weighted by Crippen LogP contribution is 2.13. The minimum absolute atomic E-state index is 0.0855. The van der Waals surface area contributed by atoms with Crippen molar-refractivity contribution in [1.29, 1.82) is 0 Å². The molecule has 1 unspecified atom stereocenters. The normalized spacial score (nSPS) is 19.5. The Bertz CT molecular complexity index is 537. The van der Waals surface area contributed by atoms with E-state index in [0.29, 0.717) is 5.69 Å². The van der Waals surface area contributed by atoms with E-state index in [-0.39, 0.29) is 11.7 Å². The lowest BCUT2D eigenvalue weighted by atomic mass is 10.0. The molecule has 0 bridgehead atoms. The Hall–Kier alpha value is -1.40. The van der Waals surface area contributed by atoms with Gasteiger partial charge in [-0.05, 0) is 44.0 Å². The van der Waals surface area contributed by atoms with Gasteiger partial charge in [0.2, 0.25) is 5.91 Å². The van der Waals surface area contributed by atoms with E-state index < -0.39 is 21.5 Å². The summed E-state index contributed by atoms with van der Waals surface area (Å²) in [6.45, 7) is 1.67. The zero-order chi connectivity index (χ0) is 14.4. The van der Waals surface area contributed by atoms with Crippen LogP contribution in [0.15, 0.2) is 30.3 Å². The number of amides is 1. The SMILES string of the molecule is O=C(CS(=O)(=O)CC1CCCNC1)Nc1ccccc1. The summed E-state index contributed by atoms with van der Waals surface area (Å²) in [5.74, 6) is -0.709. The smallest absolute Gasteiger partial charge is 0.239 e. The lowest BCUT2D eigenvalue weighted by Gasteiger charge is -2.22. The Balaban J connectivity index is 1.85. The average molecular weight is 296 g/mol. The molecule has 1 atom stereocenters. The van der Waals surface area contributed by atoms with Crippen molar-refractivity contribution in [2.45, 2.75) is 12.8 Å². The standard InChI is InChI=1S/C14H20N2O3S/c17-14(16-13-6-2-1-3-7-13)11-20(18,19)10-12-5-4-8-15-9-12/h1-3,6-7,12,15H,4-5,8-11H2,(H,16,17). The molecule has 1 aliphatic heterocycles. The highest BCUT2D eigenvalue weighted by Gasteiger charge is 2.23. The van der Waals surface area contributed by atoms with Crippen molar-refractivity contribution in [2.24, 2.45) is 5.92 Å². The molecule has 0 spiro atoms. The Kier molecular flexibility index (Phi) is 5.14. The molecule has 6 heteroatoms. The second kappa shape index (κ2) is 6.85. The van der Waals surface area contributed by atoms with Crippen molar-refractivity contribution in [3.63, 3.8) is 0 Å². The molecular formula is C14H20N2O3S. The maximum atomic E-state index is 12.0. The molecule has 0 radical (unpaired) electrons. The van der Waals surface area contributed by atoms with Crippen molar-refractivity contribution in [1.82, 2.24) is 5.32 Å². The molecule has 1 saturated heterocycles. The van der Waals surface area contributed by atoms with Gasteiger partial charge >= 0.3 is 0 Å². The van der Waals surface area contributed by atoms with Crippen LogP contribution in [0.1, 0.15) is 12.8 Å². The molecule has 1 aromatic rings. The number of hydrogen-bond donors (Lipinski definition) is 2. The number of carbonyl (C=O) groups excluding carboxylic acids is 1. The third-order valence-electron chi connectivity index (χ3n) is 3.30. The van der Waals surface area contributed by atoms with E-state index in [1.165, 1.54) is 0 Å². The average Bonchev–Trinajstić information content (AvgIpc) is 2.39. The van der Waals surface area contributed by atoms with E-state index in [4.69, 9.17) is 0 Å². The second-order valence-corrected chi connectivity index (χ2v) is 7.29. The summed E-state index contributed by atoms with van der Waals surface area (Å²) in [7, 11) is -3.35. The summed E-state index contributed by atoms with van der Waals surface area (Å²) in [6.07, 6.45) is 1.91. The van der Waals surface area contributed by atoms with Gasteiger partial charge in [-0.1, -0.05) is 18.2 Å². The Morgan fingerprint density at radius 3 is 2.70 bits per heavy atom. The largest absolute Gasteiger partial charge is 0.325 e. The lowest BCUT2D eigenvalue weighted by Crippen LogP contribution is -2.35. The van der Waals surface area contributed by atoms with Gasteiger partial charge in [0.15, 0.2) is 9.84 Å². The number of rotatable bonds is 5. The number of piperidine rings is 1. The quantitative estimate of drug-likeness (QED) is 0.851. The maximum Gasteiger partial charge on any atom is 0.239 e. The summed E-state index contributed by atoms with van der Waals surface area (Å²) in [5.41, 5.74) is 0.618. The molecule has 0 saturated carbocycles. The van der Waals surface area contributed by atoms with E-state index >= 15 is 0 Å². The van der Waals surface area contributed by atoms with E-state index in [1.54, 1.807) is 24.3 Å². The molecule has 20 heavy (non-hydrogen) atoms. The van der Waals surface area contributed by atoms with E-state index in [1.807, 2.05) is 6.07 Å². The summed E-state index contributed by atoms with van der Waals surface area (Å²) < 4.78 is 24.0. The van der Waals surface area contributed by atoms with Crippen LogP contribution >= 0.6 is 0 Å². The van der Waals surface area contributed by atoms with Crippen LogP contribution in [0.5, 0.6) is 0 Å². The molecule has 0 aliphatic carbocycles. The number of carbonyl (C=O) groups is 1. The first-order valence-electron chi connectivity index (χ1n) is 6.81. The third-order valence-corrected chi connectivity index (χ3v) is 4.98. The van der Waals surface area contributed by atoms with Crippen molar-refractivity contribution >= 4 is 21.4 Å². The van der Waals surface area contributed by atoms with E-state index in [0.717, 1.165) is 25.9 Å². The number of hydrogen-bond acceptors (Lipinski definition) is 4. The van der Waals surface area contributed by atoms with Crippen molar-refractivity contribution < 1.29 is 13.2 Å². The monoisotopic (exact) mass is 296 g/mol. The number of nitrogens with one attached hydrogen (secondary N) is 2. The Morgan fingerprint density at radius 2 is 2.05 bits per heavy atom. The van der Waals surface area contributed by atoms with Crippen LogP contribution in [-0.4, -0.2) is 38.9 Å². The zero-order valence-electron chi connectivity index (χ0n) is 11.3. The van der Waals surface area contributed by atoms with Gasteiger partial charge in [-0.2, -0.15) is 0 Å². The van der Waals surface area contributed by atoms with E-state index in [2.05, 4.69) is 10.6 Å². The lowest BCUT2D eigenvalue weighted by molar-refractivity contribution is -0.113. The first kappa shape index (κ1) is 15.0. The van der Waals surface area contributed by atoms with E-state index in [9.17, 15) is 13.2 Å². The Labute approximate surface area is 119 Å². The number of anilines is 1. The number of para-hydroxylation sites is 1. The molecule has 2 N–H and O–H groups in total. The van der Waals surface area contributed by atoms with Crippen molar-refractivity contribution in [3.05, 3.63) is 30.3 Å². The fourth-order valence-electron chi connectivity index (χ4n) is 2.40. The number of sulfone groups is 1. The molecule has 0 aromatic heterocycles. The fourth-order valence-corrected chi connectivity index (χ4v) is 3.99. The highest BCUT2D eigenvalue weighted by atomic mass is 32.2. The molecule has 1 aromatic carbocycles. The molecule has 1 amide bonds. The maximum absolute atomic E-state index is 12.0. The van der Waals surface area contributed by atoms with Crippen molar-refractivity contribution in [2.75, 3.05) is 29.9 Å². The first-order valence-corrected chi connectivity index (χ1v) is 8.63. The van der Waals surface area contributed by atoms with Gasteiger partial charge in [-0.25, -0.2) is 8.42 Å².